The van der Waals surface area contributed by atoms with Crippen molar-refractivity contribution in [1.29, 1.82) is 0 Å². The Morgan fingerprint density at radius 3 is 2.38 bits per heavy atom. The van der Waals surface area contributed by atoms with Gasteiger partial charge in [0.1, 0.15) is 11.5 Å². The minimum Gasteiger partial charge on any atom is -0.507 e. The highest BCUT2D eigenvalue weighted by Gasteiger charge is 2.45. The SMILES string of the molecule is CCCCCN1C(=O)C(=O)/C(=C(\O)c2ccc3ccccc3c2)C1c1ccc(OC)cc1. The number of likely N-dealkylation sites (tertiary alicyclic amines) is 1. The summed E-state index contributed by atoms with van der Waals surface area (Å²) < 4.78 is 5.26. The van der Waals surface area contributed by atoms with E-state index in [-0.39, 0.29) is 11.3 Å². The number of aliphatic hydroxyl groups is 1. The van der Waals surface area contributed by atoms with Crippen LogP contribution < -0.4 is 4.74 Å². The largest absolute Gasteiger partial charge is 0.507 e. The maximum atomic E-state index is 13.1. The van der Waals surface area contributed by atoms with Gasteiger partial charge in [0.05, 0.1) is 18.7 Å². The molecule has 4 rings (SSSR count). The number of benzene rings is 3. The zero-order valence-electron chi connectivity index (χ0n) is 18.4. The summed E-state index contributed by atoms with van der Waals surface area (Å²) in [5.74, 6) is -0.670. The van der Waals surface area contributed by atoms with Gasteiger partial charge in [0.2, 0.25) is 0 Å². The van der Waals surface area contributed by atoms with Crippen molar-refractivity contribution < 1.29 is 19.4 Å². The molecular formula is C27H27NO4. The van der Waals surface area contributed by atoms with Crippen molar-refractivity contribution in [3.05, 3.63) is 83.4 Å². The molecule has 1 amide bonds. The molecule has 0 radical (unpaired) electrons. The van der Waals surface area contributed by atoms with E-state index in [1.54, 1.807) is 30.2 Å². The third kappa shape index (κ3) is 3.98. The lowest BCUT2D eigenvalue weighted by atomic mass is 9.94. The molecule has 1 unspecified atom stereocenters. The highest BCUT2D eigenvalue weighted by Crippen LogP contribution is 2.40. The van der Waals surface area contributed by atoms with Crippen molar-refractivity contribution in [1.82, 2.24) is 4.90 Å². The quantitative estimate of drug-likeness (QED) is 0.234. The maximum absolute atomic E-state index is 13.1. The fraction of sp³-hybridized carbons (Fsp3) is 0.259. The number of ketones is 1. The smallest absolute Gasteiger partial charge is 0.295 e. The van der Waals surface area contributed by atoms with Gasteiger partial charge >= 0.3 is 0 Å². The Bertz CT molecular complexity index is 1180. The van der Waals surface area contributed by atoms with Gasteiger partial charge in [-0.2, -0.15) is 0 Å². The number of methoxy groups -OCH3 is 1. The minimum absolute atomic E-state index is 0.131. The molecule has 1 heterocycles. The summed E-state index contributed by atoms with van der Waals surface area (Å²) >= 11 is 0. The second kappa shape index (κ2) is 9.27. The van der Waals surface area contributed by atoms with Crippen LogP contribution in [0.1, 0.15) is 43.4 Å². The Labute approximate surface area is 187 Å². The van der Waals surface area contributed by atoms with Gasteiger partial charge in [-0.15, -0.1) is 0 Å². The van der Waals surface area contributed by atoms with Crippen LogP contribution in [-0.2, 0) is 9.59 Å². The Balaban J connectivity index is 1.83. The van der Waals surface area contributed by atoms with Crippen molar-refractivity contribution >= 4 is 28.2 Å². The average molecular weight is 430 g/mol. The van der Waals surface area contributed by atoms with Crippen LogP contribution in [0.2, 0.25) is 0 Å². The van der Waals surface area contributed by atoms with Crippen LogP contribution in [0.25, 0.3) is 16.5 Å². The number of carbonyl (C=O) groups excluding carboxylic acids is 2. The van der Waals surface area contributed by atoms with E-state index in [4.69, 9.17) is 4.74 Å². The Kier molecular flexibility index (Phi) is 6.26. The monoisotopic (exact) mass is 429 g/mol. The third-order valence-corrected chi connectivity index (χ3v) is 6.00. The van der Waals surface area contributed by atoms with E-state index in [0.717, 1.165) is 35.6 Å². The second-order valence-electron chi connectivity index (χ2n) is 8.03. The number of aliphatic hydroxyl groups excluding tert-OH is 1. The van der Waals surface area contributed by atoms with E-state index in [2.05, 4.69) is 6.92 Å². The number of ether oxygens (including phenoxy) is 1. The molecule has 0 bridgehead atoms. The van der Waals surface area contributed by atoms with Crippen molar-refractivity contribution in [2.45, 2.75) is 32.2 Å². The number of nitrogens with zero attached hydrogens (tertiary/aromatic N) is 1. The van der Waals surface area contributed by atoms with Crippen LogP contribution in [0, 0.1) is 0 Å². The van der Waals surface area contributed by atoms with Crippen LogP contribution in [0.5, 0.6) is 5.75 Å². The number of rotatable bonds is 7. The lowest BCUT2D eigenvalue weighted by molar-refractivity contribution is -0.139. The third-order valence-electron chi connectivity index (χ3n) is 6.00. The number of unbranched alkanes of at least 4 members (excludes halogenated alkanes) is 2. The molecule has 3 aromatic carbocycles. The van der Waals surface area contributed by atoms with Gasteiger partial charge in [-0.1, -0.05) is 68.3 Å². The standard InChI is InChI=1S/C27H27NO4/c1-3-4-7-16-28-24(19-12-14-22(32-2)15-13-19)23(26(30)27(28)31)25(29)21-11-10-18-8-5-6-9-20(18)17-21/h5-6,8-15,17,24,29H,3-4,7,16H2,1-2H3/b25-23-. The number of Topliss-reactive ketones (excluding diaryl/α,β-unsaturated/α-hetero) is 1. The summed E-state index contributed by atoms with van der Waals surface area (Å²) in [4.78, 5) is 27.7. The zero-order valence-corrected chi connectivity index (χ0v) is 18.4. The first-order chi connectivity index (χ1) is 15.5. The Morgan fingerprint density at radius 2 is 1.69 bits per heavy atom. The molecule has 1 fully saturated rings. The first-order valence-corrected chi connectivity index (χ1v) is 11.0. The first-order valence-electron chi connectivity index (χ1n) is 11.0. The van der Waals surface area contributed by atoms with Crippen molar-refractivity contribution in [3.8, 4) is 5.75 Å². The summed E-state index contributed by atoms with van der Waals surface area (Å²) in [6.07, 6.45) is 2.77. The van der Waals surface area contributed by atoms with Crippen molar-refractivity contribution in [2.75, 3.05) is 13.7 Å². The molecule has 1 atom stereocenters. The number of fused-ring (bicyclic) bond motifs is 1. The molecule has 5 heteroatoms. The molecule has 5 nitrogen and oxygen atoms in total. The normalized spacial score (nSPS) is 17.8. The van der Waals surface area contributed by atoms with Gasteiger partial charge < -0.3 is 14.7 Å². The van der Waals surface area contributed by atoms with Crippen LogP contribution in [-0.4, -0.2) is 35.4 Å². The summed E-state index contributed by atoms with van der Waals surface area (Å²) in [6, 6.07) is 20.0. The van der Waals surface area contributed by atoms with Gasteiger partial charge in [0, 0.05) is 12.1 Å². The van der Waals surface area contributed by atoms with E-state index >= 15 is 0 Å². The summed E-state index contributed by atoms with van der Waals surface area (Å²) in [5, 5.41) is 13.2. The lowest BCUT2D eigenvalue weighted by Gasteiger charge is -2.25. The molecule has 164 valence electrons. The van der Waals surface area contributed by atoms with Crippen LogP contribution in [0.3, 0.4) is 0 Å². The van der Waals surface area contributed by atoms with E-state index in [0.29, 0.717) is 17.9 Å². The lowest BCUT2D eigenvalue weighted by Crippen LogP contribution is -2.30. The van der Waals surface area contributed by atoms with E-state index in [1.807, 2.05) is 48.5 Å². The van der Waals surface area contributed by atoms with Crippen molar-refractivity contribution in [3.63, 3.8) is 0 Å². The van der Waals surface area contributed by atoms with Gasteiger partial charge in [-0.05, 0) is 41.0 Å². The van der Waals surface area contributed by atoms with Gasteiger partial charge in [-0.25, -0.2) is 0 Å². The predicted octanol–water partition coefficient (Wildman–Crippen LogP) is 5.46. The highest BCUT2D eigenvalue weighted by atomic mass is 16.5. The molecule has 1 aliphatic heterocycles. The van der Waals surface area contributed by atoms with Crippen LogP contribution in [0.15, 0.2) is 72.3 Å². The topological polar surface area (TPSA) is 66.8 Å². The molecular weight excluding hydrogens is 402 g/mol. The second-order valence-corrected chi connectivity index (χ2v) is 8.03. The van der Waals surface area contributed by atoms with E-state index < -0.39 is 17.7 Å². The molecule has 0 spiro atoms. The number of hydrogen-bond acceptors (Lipinski definition) is 4. The van der Waals surface area contributed by atoms with Gasteiger partial charge in [0.25, 0.3) is 11.7 Å². The molecule has 1 saturated heterocycles. The molecule has 1 aliphatic rings. The highest BCUT2D eigenvalue weighted by molar-refractivity contribution is 6.46. The van der Waals surface area contributed by atoms with Crippen LogP contribution >= 0.6 is 0 Å². The molecule has 3 aromatic rings. The molecule has 1 N–H and O–H groups in total. The Hall–Kier alpha value is -3.60. The van der Waals surface area contributed by atoms with E-state index in [1.165, 1.54) is 0 Å². The molecule has 32 heavy (non-hydrogen) atoms. The van der Waals surface area contributed by atoms with E-state index in [9.17, 15) is 14.7 Å². The number of hydrogen-bond donors (Lipinski definition) is 1. The molecule has 0 aromatic heterocycles. The molecule has 0 saturated carbocycles. The number of amides is 1. The van der Waals surface area contributed by atoms with Gasteiger partial charge in [-0.3, -0.25) is 9.59 Å². The predicted molar refractivity (Wildman–Crippen MR) is 125 cm³/mol. The van der Waals surface area contributed by atoms with Crippen molar-refractivity contribution in [2.24, 2.45) is 0 Å². The average Bonchev–Trinajstić information content (AvgIpc) is 3.08. The Morgan fingerprint density at radius 1 is 0.969 bits per heavy atom. The summed E-state index contributed by atoms with van der Waals surface area (Å²) in [5.41, 5.74) is 1.42. The fourth-order valence-corrected chi connectivity index (χ4v) is 4.27. The fourth-order valence-electron chi connectivity index (χ4n) is 4.27. The number of carbonyl (C=O) groups is 2. The van der Waals surface area contributed by atoms with Crippen LogP contribution in [0.4, 0.5) is 0 Å². The van der Waals surface area contributed by atoms with Gasteiger partial charge in [0.15, 0.2) is 0 Å². The first kappa shape index (κ1) is 21.6. The molecule has 0 aliphatic carbocycles. The summed E-state index contributed by atoms with van der Waals surface area (Å²) in [6.45, 7) is 2.55. The maximum Gasteiger partial charge on any atom is 0.295 e. The minimum atomic E-state index is -0.645. The zero-order chi connectivity index (χ0) is 22.7. The summed E-state index contributed by atoms with van der Waals surface area (Å²) in [7, 11) is 1.59.